The molecule has 0 aliphatic carbocycles. The number of nitrogens with one attached hydrogen (secondary N) is 1. The van der Waals surface area contributed by atoms with E-state index in [0.29, 0.717) is 48.3 Å². The second-order valence-corrected chi connectivity index (χ2v) is 8.01. The van der Waals surface area contributed by atoms with Crippen molar-refractivity contribution in [2.24, 2.45) is 11.7 Å². The summed E-state index contributed by atoms with van der Waals surface area (Å²) in [5.74, 6) is -3.19. The summed E-state index contributed by atoms with van der Waals surface area (Å²) in [5, 5.41) is 13.6. The molecule has 4 rings (SSSR count). The third-order valence-corrected chi connectivity index (χ3v) is 6.05. The number of anilines is 1. The fourth-order valence-electron chi connectivity index (χ4n) is 4.29. The number of benzene rings is 2. The number of carbonyl (C=O) groups is 2. The van der Waals surface area contributed by atoms with Crippen molar-refractivity contribution in [3.05, 3.63) is 64.4 Å². The van der Waals surface area contributed by atoms with Crippen LogP contribution in [0.25, 0.3) is 0 Å². The molecule has 7 N–H and O–H groups in total. The fraction of sp³-hybridized carbons (Fsp3) is 0.364. The summed E-state index contributed by atoms with van der Waals surface area (Å²) >= 11 is 0. The standard InChI is InChI=1S/C22H24F2N4O4.H2O/c23-16-2-1-3-17(24)19(16)26-21(29)20-15-10-14(27-31)5-4-13(15)11-28(20)22(30)18(25)12-6-8-32-9-7-12;/h1-5,10,12,18,20H,6-9,11,25,27H2,(H,26,29);1H2/t18-,20-;/m0./s1. The number of amides is 2. The van der Waals surface area contributed by atoms with E-state index in [-0.39, 0.29) is 17.9 Å². The van der Waals surface area contributed by atoms with Crippen LogP contribution in [0.5, 0.6) is 0 Å². The van der Waals surface area contributed by atoms with Crippen LogP contribution >= 0.6 is 0 Å². The van der Waals surface area contributed by atoms with Gasteiger partial charge in [0, 0.05) is 25.8 Å². The summed E-state index contributed by atoms with van der Waals surface area (Å²) in [6.07, 6.45) is 1.25. The van der Waals surface area contributed by atoms with Gasteiger partial charge in [-0.05, 0) is 48.1 Å². The molecule has 2 aromatic carbocycles. The Morgan fingerprint density at radius 1 is 1.18 bits per heavy atom. The number of carbonyl (C=O) groups excluding carboxylic acids is 2. The van der Waals surface area contributed by atoms with Gasteiger partial charge in [-0.15, -0.1) is 0 Å². The highest BCUT2D eigenvalue weighted by Gasteiger charge is 2.42. The number of halogens is 2. The van der Waals surface area contributed by atoms with Crippen LogP contribution in [0.15, 0.2) is 36.4 Å². The van der Waals surface area contributed by atoms with Crippen molar-refractivity contribution in [1.29, 1.82) is 0 Å². The maximum absolute atomic E-state index is 14.1. The van der Waals surface area contributed by atoms with E-state index >= 15 is 0 Å². The van der Waals surface area contributed by atoms with Gasteiger partial charge in [-0.3, -0.25) is 9.59 Å². The van der Waals surface area contributed by atoms with Crippen molar-refractivity contribution >= 4 is 23.2 Å². The lowest BCUT2D eigenvalue weighted by Crippen LogP contribution is -2.70. The molecule has 2 atom stereocenters. The number of nitrogens with zero attached hydrogens (tertiary/aromatic N) is 1. The Balaban J connectivity index is 0.00000306. The molecule has 2 aromatic rings. The lowest BCUT2D eigenvalue weighted by molar-refractivity contribution is -0.497. The summed E-state index contributed by atoms with van der Waals surface area (Å²) < 4.78 is 33.6. The highest BCUT2D eigenvalue weighted by atomic mass is 19.1. The minimum atomic E-state index is -1.18. The van der Waals surface area contributed by atoms with E-state index in [0.717, 1.165) is 12.1 Å². The zero-order valence-corrected chi connectivity index (χ0v) is 17.7. The highest BCUT2D eigenvalue weighted by Crippen LogP contribution is 2.37. The first kappa shape index (κ1) is 24.7. The average Bonchev–Trinajstić information content (AvgIpc) is 3.19. The second-order valence-electron chi connectivity index (χ2n) is 8.01. The van der Waals surface area contributed by atoms with Gasteiger partial charge in [0.05, 0.1) is 6.04 Å². The molecule has 2 aliphatic rings. The van der Waals surface area contributed by atoms with Crippen LogP contribution < -0.4 is 16.5 Å². The Hall–Kier alpha value is -2.96. The van der Waals surface area contributed by atoms with Crippen molar-refractivity contribution in [2.45, 2.75) is 31.5 Å². The molecule has 0 unspecified atom stereocenters. The highest BCUT2D eigenvalue weighted by molar-refractivity contribution is 5.99. The predicted octanol–water partition coefficient (Wildman–Crippen LogP) is 0.609. The number of quaternary nitrogens is 1. The normalized spacial score (nSPS) is 18.9. The van der Waals surface area contributed by atoms with Crippen LogP contribution in [0.4, 0.5) is 20.2 Å². The van der Waals surface area contributed by atoms with Crippen LogP contribution in [0.1, 0.15) is 30.0 Å². The van der Waals surface area contributed by atoms with E-state index in [9.17, 15) is 23.6 Å². The molecule has 1 saturated heterocycles. The van der Waals surface area contributed by atoms with Crippen LogP contribution in [-0.2, 0) is 20.9 Å². The van der Waals surface area contributed by atoms with Gasteiger partial charge in [0.1, 0.15) is 29.1 Å². The average molecular weight is 464 g/mol. The van der Waals surface area contributed by atoms with Crippen molar-refractivity contribution < 1.29 is 34.1 Å². The number of fused-ring (bicyclic) bond motifs is 1. The molecule has 178 valence electrons. The monoisotopic (exact) mass is 464 g/mol. The number of hydrogen-bond acceptors (Lipinski definition) is 5. The number of nitrogens with two attached hydrogens (primary N) is 2. The van der Waals surface area contributed by atoms with Gasteiger partial charge in [0.25, 0.3) is 5.91 Å². The first-order valence-electron chi connectivity index (χ1n) is 10.4. The maximum Gasteiger partial charge on any atom is 0.252 e. The van der Waals surface area contributed by atoms with E-state index in [1.807, 2.05) is 0 Å². The Morgan fingerprint density at radius 2 is 1.85 bits per heavy atom. The lowest BCUT2D eigenvalue weighted by Gasteiger charge is -2.32. The predicted molar refractivity (Wildman–Crippen MR) is 115 cm³/mol. The van der Waals surface area contributed by atoms with Gasteiger partial charge in [0.15, 0.2) is 0 Å². The van der Waals surface area contributed by atoms with Crippen LogP contribution in [0, 0.1) is 22.8 Å². The summed E-state index contributed by atoms with van der Waals surface area (Å²) in [7, 11) is 0. The smallest absolute Gasteiger partial charge is 0.252 e. The van der Waals surface area contributed by atoms with E-state index in [4.69, 9.17) is 10.5 Å². The Labute approximate surface area is 188 Å². The topological polar surface area (TPSA) is 156 Å². The van der Waals surface area contributed by atoms with Gasteiger partial charge in [-0.25, -0.2) is 8.78 Å². The Bertz CT molecular complexity index is 1010. The minimum absolute atomic E-state index is 0. The molecular formula is C22H26F2N4O5. The molecule has 0 bridgehead atoms. The molecule has 1 fully saturated rings. The molecule has 2 heterocycles. The van der Waals surface area contributed by atoms with E-state index in [2.05, 4.69) is 5.32 Å². The molecule has 2 aliphatic heterocycles. The Morgan fingerprint density at radius 3 is 2.48 bits per heavy atom. The van der Waals surface area contributed by atoms with Gasteiger partial charge < -0.3 is 36.9 Å². The molecule has 9 nitrogen and oxygen atoms in total. The Kier molecular flexibility index (Phi) is 7.72. The fourth-order valence-corrected chi connectivity index (χ4v) is 4.29. The zero-order valence-electron chi connectivity index (χ0n) is 17.7. The molecule has 11 heteroatoms. The number of rotatable bonds is 5. The lowest BCUT2D eigenvalue weighted by atomic mass is 9.91. The minimum Gasteiger partial charge on any atom is -0.630 e. The third kappa shape index (κ3) is 4.87. The summed E-state index contributed by atoms with van der Waals surface area (Å²) in [4.78, 5) is 27.9. The quantitative estimate of drug-likeness (QED) is 0.437. The van der Waals surface area contributed by atoms with Gasteiger partial charge in [0.2, 0.25) is 5.91 Å². The summed E-state index contributed by atoms with van der Waals surface area (Å²) in [5.41, 5.74) is 7.71. The van der Waals surface area contributed by atoms with Gasteiger partial charge in [-0.2, -0.15) is 0 Å². The molecule has 2 amide bonds. The van der Waals surface area contributed by atoms with Crippen molar-refractivity contribution in [1.82, 2.24) is 4.90 Å². The zero-order chi connectivity index (χ0) is 22.8. The van der Waals surface area contributed by atoms with Crippen LogP contribution in [0.3, 0.4) is 0 Å². The van der Waals surface area contributed by atoms with Crippen LogP contribution in [0.2, 0.25) is 0 Å². The van der Waals surface area contributed by atoms with Gasteiger partial charge in [-0.1, -0.05) is 12.1 Å². The number of hydrogen-bond donors (Lipinski definition) is 3. The van der Waals surface area contributed by atoms with Gasteiger partial charge >= 0.3 is 0 Å². The molecule has 0 saturated carbocycles. The molecule has 33 heavy (non-hydrogen) atoms. The van der Waals surface area contributed by atoms with Crippen LogP contribution in [-0.4, -0.2) is 41.4 Å². The maximum atomic E-state index is 14.1. The first-order chi connectivity index (χ1) is 15.4. The molecule has 0 radical (unpaired) electrons. The van der Waals surface area contributed by atoms with E-state index in [1.165, 1.54) is 17.0 Å². The van der Waals surface area contributed by atoms with E-state index < -0.39 is 41.2 Å². The molecular weight excluding hydrogens is 438 g/mol. The van der Waals surface area contributed by atoms with E-state index in [1.54, 1.807) is 12.1 Å². The molecule has 0 aromatic heterocycles. The summed E-state index contributed by atoms with van der Waals surface area (Å²) in [6, 6.07) is 5.97. The largest absolute Gasteiger partial charge is 0.630 e. The van der Waals surface area contributed by atoms with Crippen molar-refractivity contribution in [3.63, 3.8) is 0 Å². The first-order valence-corrected chi connectivity index (χ1v) is 10.4. The number of ether oxygens (including phenoxy) is 1. The SMILES string of the molecule is N[C@H](C(=O)N1Cc2ccc([NH2+][O-])cc2[C@H]1C(=O)Nc1c(F)cccc1F)C1CCOCC1.O. The second kappa shape index (κ2) is 10.3. The van der Waals surface area contributed by atoms with Crippen molar-refractivity contribution in [3.8, 4) is 0 Å². The molecule has 0 spiro atoms. The van der Waals surface area contributed by atoms with Crippen molar-refractivity contribution in [2.75, 3.05) is 18.5 Å². The summed E-state index contributed by atoms with van der Waals surface area (Å²) in [6.45, 7) is 1.11. The third-order valence-electron chi connectivity index (χ3n) is 6.05. The number of para-hydroxylation sites is 1.